The van der Waals surface area contributed by atoms with Gasteiger partial charge < -0.3 is 5.11 Å². The Hall–Kier alpha value is -1.78. The Labute approximate surface area is 138 Å². The normalized spacial score (nSPS) is 12.0. The third kappa shape index (κ3) is 2.64. The lowest BCUT2D eigenvalue weighted by atomic mass is 9.86. The van der Waals surface area contributed by atoms with E-state index in [0.29, 0.717) is 26.8 Å². The monoisotopic (exact) mass is 335 g/mol. The maximum absolute atomic E-state index is 10.6. The molecule has 0 aliphatic carbocycles. The summed E-state index contributed by atoms with van der Waals surface area (Å²) in [6.45, 7) is 6.03. The van der Waals surface area contributed by atoms with Gasteiger partial charge in [-0.1, -0.05) is 44.0 Å². The second kappa shape index (κ2) is 5.14. The van der Waals surface area contributed by atoms with Gasteiger partial charge in [0.15, 0.2) is 0 Å². The minimum atomic E-state index is -0.250. The molecule has 0 unspecified atom stereocenters. The van der Waals surface area contributed by atoms with Gasteiger partial charge in [-0.25, -0.2) is 0 Å². The molecular formula is C16H15Cl2N3O. The minimum Gasteiger partial charge on any atom is -0.505 e. The largest absolute Gasteiger partial charge is 0.505 e. The van der Waals surface area contributed by atoms with Crippen LogP contribution in [0.25, 0.3) is 16.7 Å². The molecule has 0 bridgehead atoms. The lowest BCUT2D eigenvalue weighted by Crippen LogP contribution is -2.13. The van der Waals surface area contributed by atoms with E-state index in [1.54, 1.807) is 30.3 Å². The van der Waals surface area contributed by atoms with Crippen LogP contribution in [-0.2, 0) is 5.41 Å². The molecule has 4 nitrogen and oxygen atoms in total. The topological polar surface area (TPSA) is 50.9 Å². The molecule has 0 saturated carbocycles. The van der Waals surface area contributed by atoms with Crippen molar-refractivity contribution < 1.29 is 5.11 Å². The molecule has 0 aliphatic heterocycles. The lowest BCUT2D eigenvalue weighted by molar-refractivity contribution is 0.440. The highest BCUT2D eigenvalue weighted by Crippen LogP contribution is 2.37. The molecule has 0 radical (unpaired) electrons. The molecule has 1 aromatic heterocycles. The van der Waals surface area contributed by atoms with E-state index in [2.05, 4.69) is 10.2 Å². The summed E-state index contributed by atoms with van der Waals surface area (Å²) >= 11 is 12.2. The maximum atomic E-state index is 10.6. The third-order valence-corrected chi connectivity index (χ3v) is 3.87. The summed E-state index contributed by atoms with van der Waals surface area (Å²) in [5.41, 5.74) is 2.30. The number of phenols is 1. The summed E-state index contributed by atoms with van der Waals surface area (Å²) in [5, 5.41) is 20.5. The Morgan fingerprint density at radius 1 is 0.955 bits per heavy atom. The van der Waals surface area contributed by atoms with Crippen LogP contribution in [-0.4, -0.2) is 20.1 Å². The fourth-order valence-electron chi connectivity index (χ4n) is 2.30. The second-order valence-corrected chi connectivity index (χ2v) is 7.07. The number of aromatic nitrogens is 3. The number of hydrogen-bond donors (Lipinski definition) is 1. The maximum Gasteiger partial charge on any atom is 0.146 e. The average molecular weight is 336 g/mol. The number of rotatable bonds is 1. The molecule has 22 heavy (non-hydrogen) atoms. The molecule has 0 saturated heterocycles. The fourth-order valence-corrected chi connectivity index (χ4v) is 2.68. The molecule has 1 heterocycles. The van der Waals surface area contributed by atoms with Crippen LogP contribution in [0.4, 0.5) is 0 Å². The van der Waals surface area contributed by atoms with E-state index in [1.165, 1.54) is 4.80 Å². The first kappa shape index (κ1) is 15.1. The Kier molecular flexibility index (Phi) is 3.54. The summed E-state index contributed by atoms with van der Waals surface area (Å²) in [4.78, 5) is 1.39. The Bertz CT molecular complexity index is 866. The SMILES string of the molecule is CC(C)(C)c1cc(Cl)cc(-n2nc3ccc(Cl)cc3n2)c1O. The predicted molar refractivity (Wildman–Crippen MR) is 89.2 cm³/mol. The van der Waals surface area contributed by atoms with E-state index in [9.17, 15) is 5.11 Å². The van der Waals surface area contributed by atoms with Crippen molar-refractivity contribution in [1.29, 1.82) is 0 Å². The van der Waals surface area contributed by atoms with E-state index in [0.717, 1.165) is 5.56 Å². The molecule has 0 aliphatic rings. The van der Waals surface area contributed by atoms with Gasteiger partial charge in [0.2, 0.25) is 0 Å². The molecule has 0 fully saturated rings. The standard InChI is InChI=1S/C16H15Cl2N3O/c1-16(2,3)11-6-10(18)8-14(15(11)22)21-19-12-5-4-9(17)7-13(12)20-21/h4-8,22H,1-3H3. The summed E-state index contributed by atoms with van der Waals surface area (Å²) in [6, 6.07) is 8.68. The van der Waals surface area contributed by atoms with E-state index < -0.39 is 0 Å². The Balaban J connectivity index is 2.24. The van der Waals surface area contributed by atoms with Crippen molar-refractivity contribution in [3.8, 4) is 11.4 Å². The molecular weight excluding hydrogens is 321 g/mol. The van der Waals surface area contributed by atoms with Crippen LogP contribution in [0.5, 0.6) is 5.75 Å². The number of hydrogen-bond acceptors (Lipinski definition) is 3. The predicted octanol–water partition coefficient (Wildman–Crippen LogP) is 4.73. The van der Waals surface area contributed by atoms with Crippen molar-refractivity contribution in [1.82, 2.24) is 15.0 Å². The molecule has 3 aromatic rings. The van der Waals surface area contributed by atoms with E-state index >= 15 is 0 Å². The first-order chi connectivity index (χ1) is 10.3. The van der Waals surface area contributed by atoms with E-state index in [-0.39, 0.29) is 11.2 Å². The van der Waals surface area contributed by atoms with Crippen LogP contribution in [0, 0.1) is 0 Å². The van der Waals surface area contributed by atoms with Crippen molar-refractivity contribution in [2.75, 3.05) is 0 Å². The van der Waals surface area contributed by atoms with Gasteiger partial charge in [0.05, 0.1) is 0 Å². The van der Waals surface area contributed by atoms with Crippen molar-refractivity contribution in [2.24, 2.45) is 0 Å². The zero-order valence-electron chi connectivity index (χ0n) is 12.4. The molecule has 0 amide bonds. The minimum absolute atomic E-state index is 0.128. The van der Waals surface area contributed by atoms with Crippen molar-refractivity contribution in [3.63, 3.8) is 0 Å². The van der Waals surface area contributed by atoms with E-state index in [1.807, 2.05) is 20.8 Å². The summed E-state index contributed by atoms with van der Waals surface area (Å²) in [7, 11) is 0. The van der Waals surface area contributed by atoms with Gasteiger partial charge in [-0.3, -0.25) is 0 Å². The Morgan fingerprint density at radius 2 is 1.64 bits per heavy atom. The smallest absolute Gasteiger partial charge is 0.146 e. The average Bonchev–Trinajstić information content (AvgIpc) is 2.82. The first-order valence-corrected chi connectivity index (χ1v) is 7.57. The van der Waals surface area contributed by atoms with Crippen molar-refractivity contribution in [3.05, 3.63) is 45.9 Å². The van der Waals surface area contributed by atoms with Gasteiger partial charge in [-0.05, 0) is 35.7 Å². The molecule has 0 spiro atoms. The van der Waals surface area contributed by atoms with Crippen molar-refractivity contribution in [2.45, 2.75) is 26.2 Å². The van der Waals surface area contributed by atoms with E-state index in [4.69, 9.17) is 23.2 Å². The fraction of sp³-hybridized carbons (Fsp3) is 0.250. The highest BCUT2D eigenvalue weighted by atomic mass is 35.5. The summed E-state index contributed by atoms with van der Waals surface area (Å²) < 4.78 is 0. The third-order valence-electron chi connectivity index (χ3n) is 3.42. The van der Waals surface area contributed by atoms with Crippen LogP contribution < -0.4 is 0 Å². The van der Waals surface area contributed by atoms with Crippen LogP contribution in [0.2, 0.25) is 10.0 Å². The molecule has 6 heteroatoms. The Morgan fingerprint density at radius 3 is 2.32 bits per heavy atom. The molecule has 0 atom stereocenters. The number of benzene rings is 2. The van der Waals surface area contributed by atoms with Crippen molar-refractivity contribution >= 4 is 34.2 Å². The highest BCUT2D eigenvalue weighted by molar-refractivity contribution is 6.31. The quantitative estimate of drug-likeness (QED) is 0.699. The number of phenolic OH excluding ortho intramolecular Hbond substituents is 1. The molecule has 2 aromatic carbocycles. The van der Waals surface area contributed by atoms with Crippen LogP contribution in [0.1, 0.15) is 26.3 Å². The molecule has 1 N–H and O–H groups in total. The number of nitrogens with zero attached hydrogens (tertiary/aromatic N) is 3. The highest BCUT2D eigenvalue weighted by Gasteiger charge is 2.22. The zero-order valence-corrected chi connectivity index (χ0v) is 13.9. The van der Waals surface area contributed by atoms with Gasteiger partial charge in [0.1, 0.15) is 22.5 Å². The van der Waals surface area contributed by atoms with Gasteiger partial charge in [0.25, 0.3) is 0 Å². The van der Waals surface area contributed by atoms with Crippen LogP contribution in [0.3, 0.4) is 0 Å². The first-order valence-electron chi connectivity index (χ1n) is 6.82. The number of fused-ring (bicyclic) bond motifs is 1. The number of aromatic hydroxyl groups is 1. The molecule has 114 valence electrons. The van der Waals surface area contributed by atoms with Crippen LogP contribution >= 0.6 is 23.2 Å². The number of halogens is 2. The summed E-state index contributed by atoms with van der Waals surface area (Å²) in [5.74, 6) is 0.128. The second-order valence-electron chi connectivity index (χ2n) is 6.19. The van der Waals surface area contributed by atoms with Gasteiger partial charge in [-0.2, -0.15) is 0 Å². The van der Waals surface area contributed by atoms with Crippen LogP contribution in [0.15, 0.2) is 30.3 Å². The lowest BCUT2D eigenvalue weighted by Gasteiger charge is -2.22. The zero-order chi connectivity index (χ0) is 16.1. The molecule has 3 rings (SSSR count). The van der Waals surface area contributed by atoms with Gasteiger partial charge in [-0.15, -0.1) is 15.0 Å². The van der Waals surface area contributed by atoms with Gasteiger partial charge >= 0.3 is 0 Å². The summed E-state index contributed by atoms with van der Waals surface area (Å²) in [6.07, 6.45) is 0. The van der Waals surface area contributed by atoms with Gasteiger partial charge in [0, 0.05) is 15.6 Å².